The number of halogens is 4. The van der Waals surface area contributed by atoms with Crippen molar-refractivity contribution in [1.82, 2.24) is 0 Å². The average Bonchev–Trinajstić information content (AvgIpc) is 2.36. The van der Waals surface area contributed by atoms with E-state index >= 15 is 0 Å². The molecule has 0 radical (unpaired) electrons. The Balaban J connectivity index is 2.67. The highest BCUT2D eigenvalue weighted by molar-refractivity contribution is 6.31. The van der Waals surface area contributed by atoms with Crippen molar-refractivity contribution in [3.8, 4) is 11.1 Å². The largest absolute Gasteiger partial charge is 0.478 e. The Bertz CT molecular complexity index is 688. The summed E-state index contributed by atoms with van der Waals surface area (Å²) >= 11 is 5.89. The average molecular weight is 315 g/mol. The van der Waals surface area contributed by atoms with Crippen LogP contribution in [0, 0.1) is 6.92 Å². The van der Waals surface area contributed by atoms with Crippen LogP contribution in [0.4, 0.5) is 13.2 Å². The van der Waals surface area contributed by atoms with Crippen LogP contribution < -0.4 is 0 Å². The van der Waals surface area contributed by atoms with Crippen molar-refractivity contribution in [2.45, 2.75) is 13.1 Å². The summed E-state index contributed by atoms with van der Waals surface area (Å²) in [6.45, 7) is 1.75. The molecule has 2 nitrogen and oxygen atoms in total. The van der Waals surface area contributed by atoms with Crippen LogP contribution in [-0.2, 0) is 6.18 Å². The highest BCUT2D eigenvalue weighted by Gasteiger charge is 2.32. The van der Waals surface area contributed by atoms with E-state index in [4.69, 9.17) is 16.7 Å². The van der Waals surface area contributed by atoms with Gasteiger partial charge in [0.05, 0.1) is 11.1 Å². The first-order chi connectivity index (χ1) is 9.66. The summed E-state index contributed by atoms with van der Waals surface area (Å²) in [4.78, 5) is 11.0. The number of aryl methyl sites for hydroxylation is 1. The van der Waals surface area contributed by atoms with Crippen molar-refractivity contribution in [2.75, 3.05) is 0 Å². The van der Waals surface area contributed by atoms with Gasteiger partial charge in [0.25, 0.3) is 0 Å². The zero-order valence-corrected chi connectivity index (χ0v) is 11.6. The third-order valence-electron chi connectivity index (χ3n) is 2.88. The standard InChI is InChI=1S/C15H10ClF3O2/c1-8-2-9(7-13(16)3-8)10-4-11(14(20)21)6-12(5-10)15(17,18)19/h2-7H,1H3,(H,20,21). The SMILES string of the molecule is Cc1cc(Cl)cc(-c2cc(C(=O)O)cc(C(F)(F)F)c2)c1. The minimum absolute atomic E-state index is 0.160. The molecule has 0 unspecified atom stereocenters. The topological polar surface area (TPSA) is 37.3 Å². The first-order valence-corrected chi connectivity index (χ1v) is 6.28. The van der Waals surface area contributed by atoms with Gasteiger partial charge >= 0.3 is 12.1 Å². The Morgan fingerprint density at radius 2 is 1.67 bits per heavy atom. The zero-order valence-electron chi connectivity index (χ0n) is 10.8. The molecule has 2 rings (SSSR count). The van der Waals surface area contributed by atoms with Crippen LogP contribution in [0.5, 0.6) is 0 Å². The highest BCUT2D eigenvalue weighted by atomic mass is 35.5. The molecule has 0 saturated carbocycles. The minimum atomic E-state index is -4.62. The number of carboxylic acids is 1. The number of benzene rings is 2. The van der Waals surface area contributed by atoms with Gasteiger partial charge in [-0.05, 0) is 53.9 Å². The van der Waals surface area contributed by atoms with Gasteiger partial charge in [-0.25, -0.2) is 4.79 Å². The summed E-state index contributed by atoms with van der Waals surface area (Å²) in [5.74, 6) is -1.42. The van der Waals surface area contributed by atoms with E-state index in [-0.39, 0.29) is 5.56 Å². The molecule has 0 amide bonds. The monoisotopic (exact) mass is 314 g/mol. The molecular weight excluding hydrogens is 305 g/mol. The second kappa shape index (κ2) is 5.41. The molecule has 21 heavy (non-hydrogen) atoms. The molecule has 2 aromatic carbocycles. The van der Waals surface area contributed by atoms with E-state index in [0.717, 1.165) is 11.6 Å². The Kier molecular flexibility index (Phi) is 3.96. The number of carboxylic acid groups (broad SMARTS) is 1. The van der Waals surface area contributed by atoms with E-state index in [1.54, 1.807) is 19.1 Å². The number of aromatic carboxylic acids is 1. The summed E-state index contributed by atoms with van der Waals surface area (Å²) in [6, 6.07) is 7.53. The molecule has 2 aromatic rings. The Morgan fingerprint density at radius 3 is 2.19 bits per heavy atom. The van der Waals surface area contributed by atoms with Crippen molar-refractivity contribution in [3.05, 3.63) is 58.1 Å². The van der Waals surface area contributed by atoms with E-state index in [1.807, 2.05) is 0 Å². The second-order valence-corrected chi connectivity index (χ2v) is 5.06. The number of carbonyl (C=O) groups is 1. The molecule has 0 fully saturated rings. The fourth-order valence-electron chi connectivity index (χ4n) is 1.98. The lowest BCUT2D eigenvalue weighted by molar-refractivity contribution is -0.137. The third kappa shape index (κ3) is 3.55. The normalized spacial score (nSPS) is 11.5. The van der Waals surface area contributed by atoms with Gasteiger partial charge in [-0.2, -0.15) is 13.2 Å². The van der Waals surface area contributed by atoms with Crippen LogP contribution in [0.25, 0.3) is 11.1 Å². The molecule has 0 aliphatic carbocycles. The minimum Gasteiger partial charge on any atom is -0.478 e. The third-order valence-corrected chi connectivity index (χ3v) is 3.10. The van der Waals surface area contributed by atoms with Gasteiger partial charge in [0, 0.05) is 5.02 Å². The van der Waals surface area contributed by atoms with Crippen molar-refractivity contribution in [3.63, 3.8) is 0 Å². The fraction of sp³-hybridized carbons (Fsp3) is 0.133. The number of hydrogen-bond donors (Lipinski definition) is 1. The van der Waals surface area contributed by atoms with Crippen molar-refractivity contribution in [2.24, 2.45) is 0 Å². The van der Waals surface area contributed by atoms with Crippen molar-refractivity contribution < 1.29 is 23.1 Å². The van der Waals surface area contributed by atoms with Crippen molar-refractivity contribution in [1.29, 1.82) is 0 Å². The van der Waals surface area contributed by atoms with Gasteiger partial charge in [0.1, 0.15) is 0 Å². The van der Waals surface area contributed by atoms with Crippen LogP contribution in [0.1, 0.15) is 21.5 Å². The summed E-state index contributed by atoms with van der Waals surface area (Å²) in [7, 11) is 0. The molecule has 0 saturated heterocycles. The Labute approximate surface area is 123 Å². The van der Waals surface area contributed by atoms with E-state index in [2.05, 4.69) is 0 Å². The lowest BCUT2D eigenvalue weighted by Crippen LogP contribution is -2.08. The molecule has 0 aromatic heterocycles. The van der Waals surface area contributed by atoms with Crippen LogP contribution in [-0.4, -0.2) is 11.1 Å². The zero-order chi connectivity index (χ0) is 15.8. The van der Waals surface area contributed by atoms with Crippen LogP contribution in [0.2, 0.25) is 5.02 Å². The van der Waals surface area contributed by atoms with E-state index in [1.165, 1.54) is 12.1 Å². The van der Waals surface area contributed by atoms with Gasteiger partial charge in [0.2, 0.25) is 0 Å². The second-order valence-electron chi connectivity index (χ2n) is 4.62. The first-order valence-electron chi connectivity index (χ1n) is 5.90. The maximum Gasteiger partial charge on any atom is 0.416 e. The molecular formula is C15H10ClF3O2. The van der Waals surface area contributed by atoms with E-state index in [9.17, 15) is 18.0 Å². The predicted molar refractivity (Wildman–Crippen MR) is 73.6 cm³/mol. The fourth-order valence-corrected chi connectivity index (χ4v) is 2.27. The molecule has 0 atom stereocenters. The van der Waals surface area contributed by atoms with Crippen molar-refractivity contribution >= 4 is 17.6 Å². The maximum absolute atomic E-state index is 12.9. The molecule has 1 N–H and O–H groups in total. The molecule has 0 heterocycles. The summed E-state index contributed by atoms with van der Waals surface area (Å²) in [5, 5.41) is 9.34. The lowest BCUT2D eigenvalue weighted by atomic mass is 9.98. The van der Waals surface area contributed by atoms with Crippen LogP contribution >= 0.6 is 11.6 Å². The van der Waals surface area contributed by atoms with Crippen LogP contribution in [0.15, 0.2) is 36.4 Å². The summed E-state index contributed by atoms with van der Waals surface area (Å²) < 4.78 is 38.6. The molecule has 110 valence electrons. The van der Waals surface area contributed by atoms with Gasteiger partial charge < -0.3 is 5.11 Å². The molecule has 0 aliphatic heterocycles. The number of rotatable bonds is 2. The smallest absolute Gasteiger partial charge is 0.416 e. The number of alkyl halides is 3. The molecule has 0 bridgehead atoms. The van der Waals surface area contributed by atoms with Gasteiger partial charge in [-0.3, -0.25) is 0 Å². The molecule has 0 spiro atoms. The van der Waals surface area contributed by atoms with Gasteiger partial charge in [-0.1, -0.05) is 17.7 Å². The predicted octanol–water partition coefficient (Wildman–Crippen LogP) is 5.03. The van der Waals surface area contributed by atoms with Gasteiger partial charge in [-0.15, -0.1) is 0 Å². The summed E-state index contributed by atoms with van der Waals surface area (Å²) in [6.07, 6.45) is -4.62. The van der Waals surface area contributed by atoms with Gasteiger partial charge in [0.15, 0.2) is 0 Å². The Morgan fingerprint density at radius 1 is 1.05 bits per heavy atom. The van der Waals surface area contributed by atoms with Crippen LogP contribution in [0.3, 0.4) is 0 Å². The Hall–Kier alpha value is -2.01. The maximum atomic E-state index is 12.9. The van der Waals surface area contributed by atoms with E-state index < -0.39 is 23.3 Å². The first kappa shape index (κ1) is 15.4. The molecule has 0 aliphatic rings. The quantitative estimate of drug-likeness (QED) is 0.844. The van der Waals surface area contributed by atoms with E-state index in [0.29, 0.717) is 16.7 Å². The molecule has 6 heteroatoms. The number of hydrogen-bond acceptors (Lipinski definition) is 1. The lowest BCUT2D eigenvalue weighted by Gasteiger charge is -2.11. The highest BCUT2D eigenvalue weighted by Crippen LogP contribution is 2.34. The summed E-state index contributed by atoms with van der Waals surface area (Å²) in [5.41, 5.74) is -0.0549.